The Morgan fingerprint density at radius 3 is 2.87 bits per heavy atom. The number of fused-ring (bicyclic) bond motifs is 2. The number of H-pyrrole nitrogens is 1. The number of carbonyl (C=O) groups is 1. The van der Waals surface area contributed by atoms with Crippen molar-refractivity contribution in [1.29, 1.82) is 0 Å². The first kappa shape index (κ1) is 19.2. The number of benzene rings is 2. The van der Waals surface area contributed by atoms with Gasteiger partial charge < -0.3 is 23.9 Å². The van der Waals surface area contributed by atoms with Gasteiger partial charge in [0.1, 0.15) is 5.82 Å². The van der Waals surface area contributed by atoms with Crippen LogP contribution in [-0.2, 0) is 13.0 Å². The molecule has 3 heterocycles. The smallest absolute Gasteiger partial charge is 0.292 e. The summed E-state index contributed by atoms with van der Waals surface area (Å²) in [5, 5.41) is 4.13. The standard InChI is InChI=1S/C23H22N4O4/c1-14(9-15-7-8-19-20(10-15)30-13-29-19)18-11-21(31-26-18)23(28)27(2)12-22-24-16-5-3-4-6-17(16)25-22/h3-8,10-11,14H,9,12-13H2,1-2H3,(H,24,25)/t14-/m0/s1. The van der Waals surface area contributed by atoms with E-state index in [0.717, 1.165) is 40.2 Å². The highest BCUT2D eigenvalue weighted by atomic mass is 16.7. The van der Waals surface area contributed by atoms with Gasteiger partial charge in [0.25, 0.3) is 5.91 Å². The number of carbonyl (C=O) groups excluding carboxylic acids is 1. The van der Waals surface area contributed by atoms with Crippen molar-refractivity contribution in [2.75, 3.05) is 13.8 Å². The maximum absolute atomic E-state index is 12.8. The molecular formula is C23H22N4O4. The Morgan fingerprint density at radius 1 is 1.16 bits per heavy atom. The SMILES string of the molecule is C[C@@H](Cc1ccc2c(c1)OCO2)c1cc(C(=O)N(C)Cc2nc3ccccc3[nH]2)on1. The summed E-state index contributed by atoms with van der Waals surface area (Å²) in [7, 11) is 1.72. The molecule has 1 aliphatic rings. The van der Waals surface area contributed by atoms with Crippen LogP contribution in [-0.4, -0.2) is 39.8 Å². The first-order valence-corrected chi connectivity index (χ1v) is 10.1. The van der Waals surface area contributed by atoms with Crippen molar-refractivity contribution in [3.8, 4) is 11.5 Å². The lowest BCUT2D eigenvalue weighted by molar-refractivity contribution is 0.0740. The average molecular weight is 418 g/mol. The molecule has 0 unspecified atom stereocenters. The van der Waals surface area contributed by atoms with Crippen LogP contribution in [0.15, 0.2) is 53.1 Å². The van der Waals surface area contributed by atoms with Crippen LogP contribution in [0, 0.1) is 0 Å². The lowest BCUT2D eigenvalue weighted by atomic mass is 9.97. The van der Waals surface area contributed by atoms with Crippen LogP contribution in [0.1, 0.15) is 40.5 Å². The Kier molecular flexibility index (Phi) is 4.82. The van der Waals surface area contributed by atoms with Gasteiger partial charge in [-0.15, -0.1) is 0 Å². The van der Waals surface area contributed by atoms with Crippen molar-refractivity contribution in [1.82, 2.24) is 20.0 Å². The van der Waals surface area contributed by atoms with Gasteiger partial charge in [-0.2, -0.15) is 0 Å². The summed E-state index contributed by atoms with van der Waals surface area (Å²) in [6, 6.07) is 15.4. The molecule has 0 saturated carbocycles. The minimum Gasteiger partial charge on any atom is -0.454 e. The third-order valence-corrected chi connectivity index (χ3v) is 5.39. The van der Waals surface area contributed by atoms with Gasteiger partial charge in [-0.1, -0.05) is 30.3 Å². The summed E-state index contributed by atoms with van der Waals surface area (Å²) < 4.78 is 16.2. The third-order valence-electron chi connectivity index (χ3n) is 5.39. The second-order valence-electron chi connectivity index (χ2n) is 7.77. The van der Waals surface area contributed by atoms with Gasteiger partial charge in [0.05, 0.1) is 23.3 Å². The molecule has 31 heavy (non-hydrogen) atoms. The zero-order valence-electron chi connectivity index (χ0n) is 17.3. The normalized spacial score (nSPS) is 13.5. The monoisotopic (exact) mass is 418 g/mol. The van der Waals surface area contributed by atoms with Gasteiger partial charge in [-0.05, 0) is 36.2 Å². The first-order valence-electron chi connectivity index (χ1n) is 10.1. The second-order valence-corrected chi connectivity index (χ2v) is 7.77. The second kappa shape index (κ2) is 7.79. The molecular weight excluding hydrogens is 396 g/mol. The summed E-state index contributed by atoms with van der Waals surface area (Å²) >= 11 is 0. The summed E-state index contributed by atoms with van der Waals surface area (Å²) in [5.74, 6) is 2.28. The minimum absolute atomic E-state index is 0.0753. The predicted molar refractivity (Wildman–Crippen MR) is 113 cm³/mol. The molecule has 5 rings (SSSR count). The van der Waals surface area contributed by atoms with E-state index in [1.165, 1.54) is 0 Å². The maximum atomic E-state index is 12.8. The fourth-order valence-electron chi connectivity index (χ4n) is 3.71. The molecule has 1 atom stereocenters. The van der Waals surface area contributed by atoms with Crippen LogP contribution in [0.3, 0.4) is 0 Å². The Hall–Kier alpha value is -3.81. The van der Waals surface area contributed by atoms with Gasteiger partial charge in [-0.3, -0.25) is 4.79 Å². The quantitative estimate of drug-likeness (QED) is 0.510. The number of amides is 1. The van der Waals surface area contributed by atoms with Crippen molar-refractivity contribution in [3.63, 3.8) is 0 Å². The van der Waals surface area contributed by atoms with Crippen LogP contribution < -0.4 is 9.47 Å². The molecule has 0 fully saturated rings. The molecule has 4 aromatic rings. The molecule has 1 aliphatic heterocycles. The van der Waals surface area contributed by atoms with E-state index in [0.29, 0.717) is 12.4 Å². The number of imidazole rings is 1. The van der Waals surface area contributed by atoms with Gasteiger partial charge >= 0.3 is 0 Å². The summed E-state index contributed by atoms with van der Waals surface area (Å²) in [4.78, 5) is 22.1. The molecule has 8 nitrogen and oxygen atoms in total. The van der Waals surface area contributed by atoms with Gasteiger partial charge in [-0.25, -0.2) is 4.98 Å². The van der Waals surface area contributed by atoms with E-state index < -0.39 is 0 Å². The van der Waals surface area contributed by atoms with E-state index in [4.69, 9.17) is 14.0 Å². The molecule has 1 N–H and O–H groups in total. The summed E-state index contributed by atoms with van der Waals surface area (Å²) in [5.41, 5.74) is 3.66. The van der Waals surface area contributed by atoms with E-state index in [1.807, 2.05) is 42.5 Å². The summed E-state index contributed by atoms with van der Waals surface area (Å²) in [6.45, 7) is 2.65. The maximum Gasteiger partial charge on any atom is 0.292 e. The van der Waals surface area contributed by atoms with Crippen LogP contribution in [0.5, 0.6) is 11.5 Å². The number of hydrogen-bond donors (Lipinski definition) is 1. The Bertz CT molecular complexity index is 1210. The summed E-state index contributed by atoms with van der Waals surface area (Å²) in [6.07, 6.45) is 0.742. The molecule has 1 amide bonds. The molecule has 0 bridgehead atoms. The van der Waals surface area contributed by atoms with E-state index in [2.05, 4.69) is 22.0 Å². The highest BCUT2D eigenvalue weighted by molar-refractivity contribution is 5.91. The van der Waals surface area contributed by atoms with E-state index >= 15 is 0 Å². The lowest BCUT2D eigenvalue weighted by Gasteiger charge is -2.13. The van der Waals surface area contributed by atoms with Gasteiger partial charge in [0, 0.05) is 19.0 Å². The fourth-order valence-corrected chi connectivity index (χ4v) is 3.71. The number of ether oxygens (including phenoxy) is 2. The van der Waals surface area contributed by atoms with Crippen LogP contribution in [0.2, 0.25) is 0 Å². The highest BCUT2D eigenvalue weighted by Gasteiger charge is 2.22. The van der Waals surface area contributed by atoms with Crippen molar-refractivity contribution < 1.29 is 18.8 Å². The zero-order chi connectivity index (χ0) is 21.4. The first-order chi connectivity index (χ1) is 15.1. The number of para-hydroxylation sites is 2. The molecule has 158 valence electrons. The van der Waals surface area contributed by atoms with Gasteiger partial charge in [0.2, 0.25) is 12.6 Å². The van der Waals surface area contributed by atoms with Crippen LogP contribution >= 0.6 is 0 Å². The predicted octanol–water partition coefficient (Wildman–Crippen LogP) is 3.90. The number of aromatic amines is 1. The molecule has 0 aliphatic carbocycles. The molecule has 8 heteroatoms. The number of nitrogens with one attached hydrogen (secondary N) is 1. The van der Waals surface area contributed by atoms with Crippen molar-refractivity contribution in [2.45, 2.75) is 25.8 Å². The zero-order valence-corrected chi connectivity index (χ0v) is 17.3. The van der Waals surface area contributed by atoms with Crippen molar-refractivity contribution in [2.24, 2.45) is 0 Å². The molecule has 0 spiro atoms. The number of hydrogen-bond acceptors (Lipinski definition) is 6. The Morgan fingerprint density at radius 2 is 2.00 bits per heavy atom. The average Bonchev–Trinajstić information content (AvgIpc) is 3.51. The van der Waals surface area contributed by atoms with Crippen molar-refractivity contribution >= 4 is 16.9 Å². The Labute approximate surface area is 178 Å². The number of nitrogens with zero attached hydrogens (tertiary/aromatic N) is 3. The van der Waals surface area contributed by atoms with E-state index in [-0.39, 0.29) is 24.4 Å². The fraction of sp³-hybridized carbons (Fsp3) is 0.261. The van der Waals surface area contributed by atoms with E-state index in [1.54, 1.807) is 18.0 Å². The largest absolute Gasteiger partial charge is 0.454 e. The van der Waals surface area contributed by atoms with Crippen LogP contribution in [0.25, 0.3) is 11.0 Å². The topological polar surface area (TPSA) is 93.5 Å². The number of rotatable bonds is 6. The van der Waals surface area contributed by atoms with Crippen LogP contribution in [0.4, 0.5) is 0 Å². The third kappa shape index (κ3) is 3.84. The van der Waals surface area contributed by atoms with Crippen molar-refractivity contribution in [3.05, 3.63) is 71.4 Å². The molecule has 2 aromatic carbocycles. The van der Waals surface area contributed by atoms with Gasteiger partial charge in [0.15, 0.2) is 11.5 Å². The number of aromatic nitrogens is 3. The highest BCUT2D eigenvalue weighted by Crippen LogP contribution is 2.34. The molecule has 2 aromatic heterocycles. The lowest BCUT2D eigenvalue weighted by Crippen LogP contribution is -2.26. The minimum atomic E-state index is -0.241. The molecule has 0 radical (unpaired) electrons. The molecule has 0 saturated heterocycles. The Balaban J connectivity index is 1.25. The van der Waals surface area contributed by atoms with E-state index in [9.17, 15) is 4.79 Å².